The maximum atomic E-state index is 13.3. The van der Waals surface area contributed by atoms with Crippen molar-refractivity contribution in [2.75, 3.05) is 6.54 Å². The zero-order valence-corrected chi connectivity index (χ0v) is 16.4. The summed E-state index contributed by atoms with van der Waals surface area (Å²) in [6.07, 6.45) is 0.724. The Bertz CT molecular complexity index is 833. The van der Waals surface area contributed by atoms with Crippen LogP contribution in [0.15, 0.2) is 48.5 Å². The molecule has 6 nitrogen and oxygen atoms in total. The molecule has 0 radical (unpaired) electrons. The maximum Gasteiger partial charge on any atom is 0.410 e. The van der Waals surface area contributed by atoms with Crippen LogP contribution in [-0.4, -0.2) is 28.1 Å². The van der Waals surface area contributed by atoms with Crippen LogP contribution >= 0.6 is 0 Å². The SMILES string of the molecule is CC(C)(C)OC(=O)N(CCCc1cccc(F)c1)Cc1cccc([N+](=O)[O-])c1. The Morgan fingerprint density at radius 3 is 2.46 bits per heavy atom. The molecule has 0 aliphatic heterocycles. The van der Waals surface area contributed by atoms with Crippen molar-refractivity contribution in [1.82, 2.24) is 4.90 Å². The van der Waals surface area contributed by atoms with E-state index in [0.29, 0.717) is 24.9 Å². The molecule has 7 heteroatoms. The molecule has 28 heavy (non-hydrogen) atoms. The van der Waals surface area contributed by atoms with Gasteiger partial charge >= 0.3 is 6.09 Å². The zero-order valence-electron chi connectivity index (χ0n) is 16.4. The first kappa shape index (κ1) is 21.3. The van der Waals surface area contributed by atoms with E-state index in [9.17, 15) is 19.3 Å². The molecule has 0 unspecified atom stereocenters. The molecule has 0 fully saturated rings. The lowest BCUT2D eigenvalue weighted by Gasteiger charge is -2.27. The number of hydrogen-bond donors (Lipinski definition) is 0. The van der Waals surface area contributed by atoms with Gasteiger partial charge in [-0.1, -0.05) is 24.3 Å². The molecule has 0 aliphatic rings. The van der Waals surface area contributed by atoms with E-state index < -0.39 is 16.6 Å². The van der Waals surface area contributed by atoms with Gasteiger partial charge in [-0.25, -0.2) is 9.18 Å². The Morgan fingerprint density at radius 2 is 1.82 bits per heavy atom. The van der Waals surface area contributed by atoms with Crippen LogP contribution in [0.5, 0.6) is 0 Å². The van der Waals surface area contributed by atoms with Crippen LogP contribution in [0.2, 0.25) is 0 Å². The summed E-state index contributed by atoms with van der Waals surface area (Å²) in [4.78, 5) is 24.6. The zero-order chi connectivity index (χ0) is 20.7. The molecule has 0 spiro atoms. The molecule has 2 rings (SSSR count). The average molecular weight is 388 g/mol. The molecule has 0 saturated carbocycles. The number of hydrogen-bond acceptors (Lipinski definition) is 4. The summed E-state index contributed by atoms with van der Waals surface area (Å²) in [5.74, 6) is -0.293. The molecular weight excluding hydrogens is 363 g/mol. The van der Waals surface area contributed by atoms with Crippen molar-refractivity contribution in [3.63, 3.8) is 0 Å². The number of halogens is 1. The van der Waals surface area contributed by atoms with Crippen LogP contribution in [0.4, 0.5) is 14.9 Å². The fourth-order valence-corrected chi connectivity index (χ4v) is 2.72. The third kappa shape index (κ3) is 6.98. The minimum absolute atomic E-state index is 0.0265. The monoisotopic (exact) mass is 388 g/mol. The number of rotatable bonds is 7. The molecule has 0 aliphatic carbocycles. The number of ether oxygens (including phenoxy) is 1. The minimum Gasteiger partial charge on any atom is -0.444 e. The molecule has 0 atom stereocenters. The van der Waals surface area contributed by atoms with Gasteiger partial charge in [0.1, 0.15) is 11.4 Å². The summed E-state index contributed by atoms with van der Waals surface area (Å²) >= 11 is 0. The lowest BCUT2D eigenvalue weighted by atomic mass is 10.1. The predicted molar refractivity (Wildman–Crippen MR) is 104 cm³/mol. The fourth-order valence-electron chi connectivity index (χ4n) is 2.72. The van der Waals surface area contributed by atoms with E-state index in [0.717, 1.165) is 5.56 Å². The van der Waals surface area contributed by atoms with Crippen LogP contribution in [0.25, 0.3) is 0 Å². The number of benzene rings is 2. The van der Waals surface area contributed by atoms with Crippen LogP contribution in [0.1, 0.15) is 38.3 Å². The second-order valence-corrected chi connectivity index (χ2v) is 7.56. The van der Waals surface area contributed by atoms with Gasteiger partial charge in [0.15, 0.2) is 0 Å². The molecule has 0 N–H and O–H groups in total. The smallest absolute Gasteiger partial charge is 0.410 e. The molecule has 150 valence electrons. The van der Waals surface area contributed by atoms with Crippen molar-refractivity contribution < 1.29 is 18.8 Å². The second-order valence-electron chi connectivity index (χ2n) is 7.56. The van der Waals surface area contributed by atoms with Crippen LogP contribution in [0.3, 0.4) is 0 Å². The van der Waals surface area contributed by atoms with Gasteiger partial charge in [0.25, 0.3) is 5.69 Å². The van der Waals surface area contributed by atoms with Crippen molar-refractivity contribution in [2.24, 2.45) is 0 Å². The molecule has 0 saturated heterocycles. The van der Waals surface area contributed by atoms with E-state index >= 15 is 0 Å². The number of amides is 1. The quantitative estimate of drug-likeness (QED) is 0.488. The van der Waals surface area contributed by atoms with Crippen molar-refractivity contribution in [3.05, 3.63) is 75.6 Å². The first-order valence-corrected chi connectivity index (χ1v) is 9.10. The van der Waals surface area contributed by atoms with Gasteiger partial charge in [-0.3, -0.25) is 10.1 Å². The number of non-ortho nitro benzene ring substituents is 1. The van der Waals surface area contributed by atoms with Crippen molar-refractivity contribution in [2.45, 2.75) is 45.8 Å². The summed E-state index contributed by atoms with van der Waals surface area (Å²) in [6.45, 7) is 5.92. The van der Waals surface area contributed by atoms with Gasteiger partial charge in [-0.2, -0.15) is 0 Å². The average Bonchev–Trinajstić information content (AvgIpc) is 2.59. The Labute approximate surface area is 164 Å². The van der Waals surface area contributed by atoms with Crippen LogP contribution in [-0.2, 0) is 17.7 Å². The molecule has 2 aromatic rings. The van der Waals surface area contributed by atoms with E-state index in [1.54, 1.807) is 39.0 Å². The third-order valence-electron chi connectivity index (χ3n) is 3.93. The Morgan fingerprint density at radius 1 is 1.14 bits per heavy atom. The lowest BCUT2D eigenvalue weighted by molar-refractivity contribution is -0.384. The van der Waals surface area contributed by atoms with E-state index in [4.69, 9.17) is 4.74 Å². The molecule has 0 aromatic heterocycles. The van der Waals surface area contributed by atoms with Gasteiger partial charge in [0.2, 0.25) is 0 Å². The fraction of sp³-hybridized carbons (Fsp3) is 0.381. The van der Waals surface area contributed by atoms with Crippen molar-refractivity contribution in [1.29, 1.82) is 0 Å². The Balaban J connectivity index is 2.09. The Hall–Kier alpha value is -2.96. The minimum atomic E-state index is -0.652. The molecular formula is C21H25FN2O4. The first-order chi connectivity index (χ1) is 13.1. The summed E-state index contributed by atoms with van der Waals surface area (Å²) in [5, 5.41) is 11.0. The molecule has 2 aromatic carbocycles. The number of nitrogens with zero attached hydrogens (tertiary/aromatic N) is 2. The van der Waals surface area contributed by atoms with E-state index in [-0.39, 0.29) is 18.0 Å². The summed E-state index contributed by atoms with van der Waals surface area (Å²) in [7, 11) is 0. The number of nitro groups is 1. The summed E-state index contributed by atoms with van der Waals surface area (Å²) in [5.41, 5.74) is 0.812. The topological polar surface area (TPSA) is 72.7 Å². The van der Waals surface area contributed by atoms with Crippen molar-refractivity contribution in [3.8, 4) is 0 Å². The normalized spacial score (nSPS) is 11.1. The van der Waals surface area contributed by atoms with Gasteiger partial charge < -0.3 is 9.64 Å². The van der Waals surface area contributed by atoms with Crippen molar-refractivity contribution >= 4 is 11.8 Å². The van der Waals surface area contributed by atoms with E-state index in [1.807, 2.05) is 6.07 Å². The number of nitro benzene ring substituents is 1. The highest BCUT2D eigenvalue weighted by Gasteiger charge is 2.22. The third-order valence-corrected chi connectivity index (χ3v) is 3.93. The highest BCUT2D eigenvalue weighted by molar-refractivity contribution is 5.68. The summed E-state index contributed by atoms with van der Waals surface area (Å²) in [6, 6.07) is 12.5. The van der Waals surface area contributed by atoms with Gasteiger partial charge in [-0.05, 0) is 56.9 Å². The highest BCUT2D eigenvalue weighted by atomic mass is 19.1. The number of carbonyl (C=O) groups excluding carboxylic acids is 1. The van der Waals surface area contributed by atoms with Gasteiger partial charge in [0.05, 0.1) is 4.92 Å². The highest BCUT2D eigenvalue weighted by Crippen LogP contribution is 2.18. The molecule has 1 amide bonds. The van der Waals surface area contributed by atoms with E-state index in [2.05, 4.69) is 0 Å². The van der Waals surface area contributed by atoms with Gasteiger partial charge in [-0.15, -0.1) is 0 Å². The second kappa shape index (κ2) is 9.30. The first-order valence-electron chi connectivity index (χ1n) is 9.10. The van der Waals surface area contributed by atoms with E-state index in [1.165, 1.54) is 29.2 Å². The standard InChI is InChI=1S/C21H25FN2O4/c1-21(2,3)28-20(25)23(12-6-9-16-7-4-10-18(22)13-16)15-17-8-5-11-19(14-17)24(26)27/h4-5,7-8,10-11,13-14H,6,9,12,15H2,1-3H3. The van der Waals surface area contributed by atoms with Crippen LogP contribution in [0, 0.1) is 15.9 Å². The summed E-state index contributed by atoms with van der Waals surface area (Å²) < 4.78 is 18.8. The largest absolute Gasteiger partial charge is 0.444 e. The number of carbonyl (C=O) groups is 1. The van der Waals surface area contributed by atoms with Gasteiger partial charge in [0, 0.05) is 25.2 Å². The van der Waals surface area contributed by atoms with Crippen LogP contribution < -0.4 is 0 Å². The number of aryl methyl sites for hydroxylation is 1. The maximum absolute atomic E-state index is 13.3. The lowest BCUT2D eigenvalue weighted by Crippen LogP contribution is -2.37. The Kier molecular flexibility index (Phi) is 7.09. The molecule has 0 bridgehead atoms. The predicted octanol–water partition coefficient (Wildman–Crippen LogP) is 5.10. The molecule has 0 heterocycles.